The van der Waals surface area contributed by atoms with Crippen LogP contribution in [0.2, 0.25) is 0 Å². The van der Waals surface area contributed by atoms with Gasteiger partial charge in [-0.05, 0) is 12.8 Å². The quantitative estimate of drug-likeness (QED) is 0.311. The predicted octanol–water partition coefficient (Wildman–Crippen LogP) is -1.29. The Hall–Kier alpha value is 1.55. The molecule has 0 rings (SSSR count). The van der Waals surface area contributed by atoms with Gasteiger partial charge in [0, 0.05) is 5.75 Å². The Morgan fingerprint density at radius 2 is 1.85 bits per heavy atom. The standard InChI is InChI=1S/C8H17O3S.K/c1-2-3-4-5-6-7-8-12(9,10)11;/h7H,2-6,8H2,1H3,(H,9,10,11);/q;+1/p-1. The summed E-state index contributed by atoms with van der Waals surface area (Å²) in [6, 6.07) is 0. The molecule has 13 heavy (non-hydrogen) atoms. The molecule has 0 spiro atoms. The fourth-order valence-electron chi connectivity index (χ4n) is 0.943. The van der Waals surface area contributed by atoms with Crippen LogP contribution in [0.4, 0.5) is 0 Å². The molecule has 0 unspecified atom stereocenters. The first-order valence-corrected chi connectivity index (χ1v) is 5.89. The molecule has 0 aromatic rings. The van der Waals surface area contributed by atoms with E-state index >= 15 is 0 Å². The van der Waals surface area contributed by atoms with E-state index in [4.69, 9.17) is 0 Å². The van der Waals surface area contributed by atoms with Crippen molar-refractivity contribution in [2.45, 2.75) is 39.0 Å². The molecule has 0 atom stereocenters. The van der Waals surface area contributed by atoms with Gasteiger partial charge >= 0.3 is 51.4 Å². The minimum atomic E-state index is -4.02. The number of rotatable bonds is 7. The van der Waals surface area contributed by atoms with Gasteiger partial charge in [-0.15, -0.1) is 0 Å². The SMILES string of the molecule is CCCCCC[CH]CS(=O)(=O)[O-].[K+]. The Kier molecular flexibility index (Phi) is 13.1. The third-order valence-electron chi connectivity index (χ3n) is 1.58. The Bertz CT molecular complexity index is 190. The Morgan fingerprint density at radius 1 is 1.23 bits per heavy atom. The first kappa shape index (κ1) is 17.0. The van der Waals surface area contributed by atoms with Crippen LogP contribution in [0.15, 0.2) is 0 Å². The second kappa shape index (κ2) is 10.1. The van der Waals surface area contributed by atoms with Crippen LogP contribution in [0.25, 0.3) is 0 Å². The fourth-order valence-corrected chi connectivity index (χ4v) is 1.40. The maximum Gasteiger partial charge on any atom is 1.00 e. The summed E-state index contributed by atoms with van der Waals surface area (Å²) in [6.45, 7) is 2.12. The summed E-state index contributed by atoms with van der Waals surface area (Å²) < 4.78 is 30.4. The van der Waals surface area contributed by atoms with Gasteiger partial charge in [-0.25, -0.2) is 8.42 Å². The molecule has 3 nitrogen and oxygen atoms in total. The summed E-state index contributed by atoms with van der Waals surface area (Å²) in [5, 5.41) is 0. The number of hydrogen-bond donors (Lipinski definition) is 0. The van der Waals surface area contributed by atoms with Crippen molar-refractivity contribution in [1.82, 2.24) is 0 Å². The predicted molar refractivity (Wildman–Crippen MR) is 47.6 cm³/mol. The zero-order valence-corrected chi connectivity index (χ0v) is 12.4. The smallest absolute Gasteiger partial charge is 0.748 e. The fraction of sp³-hybridized carbons (Fsp3) is 0.875. The van der Waals surface area contributed by atoms with Gasteiger partial charge in [0.1, 0.15) is 0 Å². The minimum Gasteiger partial charge on any atom is -0.748 e. The van der Waals surface area contributed by atoms with Crippen LogP contribution in [0, 0.1) is 6.42 Å². The average molecular weight is 231 g/mol. The Balaban J connectivity index is 0. The van der Waals surface area contributed by atoms with Crippen molar-refractivity contribution >= 4 is 10.1 Å². The van der Waals surface area contributed by atoms with E-state index in [1.165, 1.54) is 12.8 Å². The molecule has 0 aliphatic carbocycles. The molecule has 0 aliphatic heterocycles. The van der Waals surface area contributed by atoms with E-state index in [2.05, 4.69) is 6.92 Å². The monoisotopic (exact) mass is 231 g/mol. The molecule has 0 aliphatic rings. The summed E-state index contributed by atoms with van der Waals surface area (Å²) in [6.07, 6.45) is 6.74. The van der Waals surface area contributed by atoms with Gasteiger partial charge in [-0.2, -0.15) is 0 Å². The molecule has 0 aromatic carbocycles. The van der Waals surface area contributed by atoms with E-state index in [0.29, 0.717) is 0 Å². The molecule has 5 heteroatoms. The summed E-state index contributed by atoms with van der Waals surface area (Å²) in [5.41, 5.74) is 0. The average Bonchev–Trinajstić information content (AvgIpc) is 1.94. The summed E-state index contributed by atoms with van der Waals surface area (Å²) in [4.78, 5) is 0. The van der Waals surface area contributed by atoms with Gasteiger partial charge in [-0.3, -0.25) is 0 Å². The molecule has 73 valence electrons. The van der Waals surface area contributed by atoms with Crippen LogP contribution < -0.4 is 51.4 Å². The van der Waals surface area contributed by atoms with Gasteiger partial charge in [0.05, 0.1) is 10.1 Å². The van der Waals surface area contributed by atoms with Crippen LogP contribution in [0.3, 0.4) is 0 Å². The summed E-state index contributed by atoms with van der Waals surface area (Å²) >= 11 is 0. The van der Waals surface area contributed by atoms with E-state index in [1.807, 2.05) is 0 Å². The van der Waals surface area contributed by atoms with Crippen LogP contribution in [0.5, 0.6) is 0 Å². The van der Waals surface area contributed by atoms with E-state index < -0.39 is 10.1 Å². The van der Waals surface area contributed by atoms with E-state index in [0.717, 1.165) is 19.3 Å². The largest absolute Gasteiger partial charge is 1.00 e. The van der Waals surface area contributed by atoms with Gasteiger partial charge in [0.15, 0.2) is 0 Å². The zero-order valence-electron chi connectivity index (χ0n) is 8.45. The first-order chi connectivity index (χ1) is 5.56. The molecule has 0 fully saturated rings. The molecule has 1 radical (unpaired) electrons. The third kappa shape index (κ3) is 16.2. The molecule has 0 amide bonds. The van der Waals surface area contributed by atoms with Crippen molar-refractivity contribution in [2.75, 3.05) is 5.75 Å². The van der Waals surface area contributed by atoms with Crippen LogP contribution in [0.1, 0.15) is 39.0 Å². The molecule has 0 aromatic heterocycles. The molecular formula is C8H16KO3S. The molecule has 0 bridgehead atoms. The maximum absolute atomic E-state index is 10.1. The van der Waals surface area contributed by atoms with Gasteiger partial charge < -0.3 is 4.55 Å². The molecule has 0 N–H and O–H groups in total. The number of hydrogen-bond acceptors (Lipinski definition) is 3. The van der Waals surface area contributed by atoms with Crippen LogP contribution in [-0.2, 0) is 10.1 Å². The van der Waals surface area contributed by atoms with Crippen molar-refractivity contribution in [3.05, 3.63) is 6.42 Å². The minimum absolute atomic E-state index is 0. The van der Waals surface area contributed by atoms with E-state index in [1.54, 1.807) is 6.42 Å². The first-order valence-electron chi connectivity index (χ1n) is 4.31. The Labute approximate surface area is 124 Å². The van der Waals surface area contributed by atoms with E-state index in [-0.39, 0.29) is 57.1 Å². The number of unbranched alkanes of at least 4 members (excludes halogenated alkanes) is 5. The van der Waals surface area contributed by atoms with Crippen LogP contribution in [-0.4, -0.2) is 18.7 Å². The van der Waals surface area contributed by atoms with E-state index in [9.17, 15) is 13.0 Å². The molecular weight excluding hydrogens is 215 g/mol. The van der Waals surface area contributed by atoms with Gasteiger partial charge in [0.2, 0.25) is 0 Å². The third-order valence-corrected chi connectivity index (χ3v) is 2.23. The molecule has 0 saturated heterocycles. The van der Waals surface area contributed by atoms with Gasteiger partial charge in [-0.1, -0.05) is 32.6 Å². The van der Waals surface area contributed by atoms with Crippen molar-refractivity contribution < 1.29 is 64.4 Å². The van der Waals surface area contributed by atoms with Crippen LogP contribution >= 0.6 is 0 Å². The Morgan fingerprint density at radius 3 is 2.31 bits per heavy atom. The molecule has 0 saturated carbocycles. The second-order valence-corrected chi connectivity index (χ2v) is 4.31. The van der Waals surface area contributed by atoms with Crippen molar-refractivity contribution in [3.8, 4) is 0 Å². The normalized spacial score (nSPS) is 10.9. The zero-order chi connectivity index (χ0) is 9.45. The molecule has 0 heterocycles. The van der Waals surface area contributed by atoms with Gasteiger partial charge in [0.25, 0.3) is 0 Å². The van der Waals surface area contributed by atoms with Crippen molar-refractivity contribution in [1.29, 1.82) is 0 Å². The van der Waals surface area contributed by atoms with Crippen molar-refractivity contribution in [2.24, 2.45) is 0 Å². The maximum atomic E-state index is 10.1. The van der Waals surface area contributed by atoms with Crippen molar-refractivity contribution in [3.63, 3.8) is 0 Å². The summed E-state index contributed by atoms with van der Waals surface area (Å²) in [5.74, 6) is -0.320. The second-order valence-electron chi connectivity index (χ2n) is 2.86. The topological polar surface area (TPSA) is 57.2 Å². The summed E-state index contributed by atoms with van der Waals surface area (Å²) in [7, 11) is -4.02.